The number of aromatic nitrogens is 1. The van der Waals surface area contributed by atoms with Crippen LogP contribution in [-0.2, 0) is 14.3 Å². The number of anilines is 1. The summed E-state index contributed by atoms with van der Waals surface area (Å²) in [4.78, 5) is 17.9. The second kappa shape index (κ2) is 7.01. The Morgan fingerprint density at radius 1 is 1.40 bits per heavy atom. The van der Waals surface area contributed by atoms with Crippen LogP contribution in [0.2, 0.25) is 0 Å². The lowest BCUT2D eigenvalue weighted by molar-refractivity contribution is -0.137. The number of nitrogens with zero attached hydrogens (tertiary/aromatic N) is 2. The first kappa shape index (κ1) is 15.2. The SMILES string of the molecule is CCOC(CN1C(=O)COc2ccc(Br)nc21)OCC. The van der Waals surface area contributed by atoms with E-state index in [1.54, 1.807) is 17.0 Å². The van der Waals surface area contributed by atoms with Crippen LogP contribution in [0.5, 0.6) is 5.75 Å². The summed E-state index contributed by atoms with van der Waals surface area (Å²) in [5.41, 5.74) is 0. The number of fused-ring (bicyclic) bond motifs is 1. The molecule has 0 saturated heterocycles. The molecule has 0 aliphatic carbocycles. The third kappa shape index (κ3) is 3.47. The summed E-state index contributed by atoms with van der Waals surface area (Å²) in [5, 5.41) is 0. The van der Waals surface area contributed by atoms with Crippen molar-refractivity contribution in [2.75, 3.05) is 31.3 Å². The lowest BCUT2D eigenvalue weighted by Gasteiger charge is -2.30. The van der Waals surface area contributed by atoms with Crippen molar-refractivity contribution < 1.29 is 19.0 Å². The molecule has 7 heteroatoms. The Kier molecular flexibility index (Phi) is 5.33. The molecule has 1 aliphatic heterocycles. The zero-order valence-electron chi connectivity index (χ0n) is 11.5. The number of carbonyl (C=O) groups excluding carboxylic acids is 1. The smallest absolute Gasteiger partial charge is 0.266 e. The normalized spacial score (nSPS) is 14.4. The molecular weight excluding hydrogens is 328 g/mol. The Hall–Kier alpha value is -1.18. The number of hydrogen-bond donors (Lipinski definition) is 0. The van der Waals surface area contributed by atoms with Crippen LogP contribution in [0, 0.1) is 0 Å². The van der Waals surface area contributed by atoms with E-state index >= 15 is 0 Å². The Balaban J connectivity index is 2.21. The maximum absolute atomic E-state index is 12.0. The molecule has 0 fully saturated rings. The molecule has 0 atom stereocenters. The molecule has 1 aromatic heterocycles. The topological polar surface area (TPSA) is 60.9 Å². The van der Waals surface area contributed by atoms with E-state index in [2.05, 4.69) is 20.9 Å². The largest absolute Gasteiger partial charge is 0.480 e. The minimum Gasteiger partial charge on any atom is -0.480 e. The van der Waals surface area contributed by atoms with Crippen molar-refractivity contribution in [3.63, 3.8) is 0 Å². The molecule has 0 bridgehead atoms. The number of amides is 1. The molecular formula is C13H17BrN2O4. The molecule has 0 unspecified atom stereocenters. The van der Waals surface area contributed by atoms with Gasteiger partial charge < -0.3 is 14.2 Å². The molecule has 1 amide bonds. The van der Waals surface area contributed by atoms with Gasteiger partial charge >= 0.3 is 0 Å². The van der Waals surface area contributed by atoms with Crippen molar-refractivity contribution in [3.8, 4) is 5.75 Å². The number of pyridine rings is 1. The number of ether oxygens (including phenoxy) is 3. The van der Waals surface area contributed by atoms with E-state index in [9.17, 15) is 4.79 Å². The number of carbonyl (C=O) groups is 1. The van der Waals surface area contributed by atoms with Gasteiger partial charge in [-0.25, -0.2) is 4.98 Å². The standard InChI is InChI=1S/C13H17BrN2O4/c1-3-18-12(19-4-2)7-16-11(17)8-20-9-5-6-10(14)15-13(9)16/h5-6,12H,3-4,7-8H2,1-2H3. The molecule has 2 rings (SSSR count). The van der Waals surface area contributed by atoms with E-state index in [1.807, 2.05) is 13.8 Å². The van der Waals surface area contributed by atoms with E-state index in [1.165, 1.54) is 0 Å². The van der Waals surface area contributed by atoms with Crippen molar-refractivity contribution in [2.24, 2.45) is 0 Å². The average Bonchev–Trinajstić information content (AvgIpc) is 2.42. The molecule has 0 saturated carbocycles. The second-order valence-corrected chi connectivity index (χ2v) is 4.90. The van der Waals surface area contributed by atoms with Gasteiger partial charge in [0.1, 0.15) is 4.60 Å². The Labute approximate surface area is 126 Å². The first-order valence-corrected chi connectivity index (χ1v) is 7.28. The van der Waals surface area contributed by atoms with Crippen LogP contribution in [0.25, 0.3) is 0 Å². The molecule has 2 heterocycles. The van der Waals surface area contributed by atoms with Crippen LogP contribution < -0.4 is 9.64 Å². The van der Waals surface area contributed by atoms with Gasteiger partial charge in [-0.1, -0.05) is 0 Å². The Morgan fingerprint density at radius 3 is 2.75 bits per heavy atom. The summed E-state index contributed by atoms with van der Waals surface area (Å²) in [6.07, 6.45) is -0.472. The highest BCUT2D eigenvalue weighted by atomic mass is 79.9. The fourth-order valence-corrected chi connectivity index (χ4v) is 2.22. The van der Waals surface area contributed by atoms with Crippen LogP contribution in [0.1, 0.15) is 13.8 Å². The maximum atomic E-state index is 12.0. The fraction of sp³-hybridized carbons (Fsp3) is 0.538. The van der Waals surface area contributed by atoms with E-state index in [-0.39, 0.29) is 12.5 Å². The van der Waals surface area contributed by atoms with Gasteiger partial charge in [-0.3, -0.25) is 9.69 Å². The minimum atomic E-state index is -0.472. The summed E-state index contributed by atoms with van der Waals surface area (Å²) in [7, 11) is 0. The summed E-state index contributed by atoms with van der Waals surface area (Å²) < 4.78 is 17.0. The van der Waals surface area contributed by atoms with Crippen LogP contribution in [0.4, 0.5) is 5.82 Å². The highest BCUT2D eigenvalue weighted by Crippen LogP contribution is 2.31. The second-order valence-electron chi connectivity index (χ2n) is 4.09. The van der Waals surface area contributed by atoms with Crippen LogP contribution >= 0.6 is 15.9 Å². The van der Waals surface area contributed by atoms with Gasteiger partial charge in [0, 0.05) is 13.2 Å². The average molecular weight is 345 g/mol. The van der Waals surface area contributed by atoms with Crippen molar-refractivity contribution in [1.29, 1.82) is 0 Å². The molecule has 0 aromatic carbocycles. The van der Waals surface area contributed by atoms with E-state index in [0.29, 0.717) is 35.9 Å². The zero-order chi connectivity index (χ0) is 14.5. The Bertz CT molecular complexity index is 477. The monoisotopic (exact) mass is 344 g/mol. The van der Waals surface area contributed by atoms with Gasteiger partial charge in [0.2, 0.25) is 0 Å². The van der Waals surface area contributed by atoms with Gasteiger partial charge in [0.15, 0.2) is 24.5 Å². The highest BCUT2D eigenvalue weighted by molar-refractivity contribution is 9.10. The zero-order valence-corrected chi connectivity index (χ0v) is 13.1. The van der Waals surface area contributed by atoms with Crippen LogP contribution in [0.3, 0.4) is 0 Å². The molecule has 0 spiro atoms. The molecule has 110 valence electrons. The van der Waals surface area contributed by atoms with Crippen LogP contribution in [-0.4, -0.2) is 43.5 Å². The predicted molar refractivity (Wildman–Crippen MR) is 76.8 cm³/mol. The summed E-state index contributed by atoms with van der Waals surface area (Å²) in [5.74, 6) is 0.909. The fourth-order valence-electron chi connectivity index (χ4n) is 1.92. The predicted octanol–water partition coefficient (Wildman–Crippen LogP) is 1.97. The Morgan fingerprint density at radius 2 is 2.10 bits per heavy atom. The minimum absolute atomic E-state index is 0.00127. The van der Waals surface area contributed by atoms with E-state index in [4.69, 9.17) is 14.2 Å². The quantitative estimate of drug-likeness (QED) is 0.583. The van der Waals surface area contributed by atoms with Gasteiger partial charge in [-0.05, 0) is 41.9 Å². The van der Waals surface area contributed by atoms with E-state index in [0.717, 1.165) is 0 Å². The number of rotatable bonds is 6. The third-order valence-corrected chi connectivity index (χ3v) is 3.19. The molecule has 1 aliphatic rings. The van der Waals surface area contributed by atoms with E-state index < -0.39 is 6.29 Å². The number of hydrogen-bond acceptors (Lipinski definition) is 5. The van der Waals surface area contributed by atoms with Gasteiger partial charge in [0.25, 0.3) is 5.91 Å². The molecule has 0 N–H and O–H groups in total. The van der Waals surface area contributed by atoms with Crippen molar-refractivity contribution >= 4 is 27.7 Å². The highest BCUT2D eigenvalue weighted by Gasteiger charge is 2.29. The van der Waals surface area contributed by atoms with Gasteiger partial charge in [-0.2, -0.15) is 0 Å². The van der Waals surface area contributed by atoms with Crippen molar-refractivity contribution in [2.45, 2.75) is 20.1 Å². The van der Waals surface area contributed by atoms with Crippen molar-refractivity contribution in [1.82, 2.24) is 4.98 Å². The lowest BCUT2D eigenvalue weighted by atomic mass is 10.3. The molecule has 1 aromatic rings. The van der Waals surface area contributed by atoms with Crippen LogP contribution in [0.15, 0.2) is 16.7 Å². The van der Waals surface area contributed by atoms with Gasteiger partial charge in [-0.15, -0.1) is 0 Å². The summed E-state index contributed by atoms with van der Waals surface area (Å²) >= 11 is 3.30. The first-order chi connectivity index (χ1) is 9.65. The van der Waals surface area contributed by atoms with Crippen molar-refractivity contribution in [3.05, 3.63) is 16.7 Å². The first-order valence-electron chi connectivity index (χ1n) is 6.48. The molecule has 0 radical (unpaired) electrons. The third-order valence-electron chi connectivity index (χ3n) is 2.75. The maximum Gasteiger partial charge on any atom is 0.266 e. The summed E-state index contributed by atoms with van der Waals surface area (Å²) in [6, 6.07) is 3.55. The number of halogens is 1. The lowest BCUT2D eigenvalue weighted by Crippen LogP contribution is -2.45. The molecule has 20 heavy (non-hydrogen) atoms. The van der Waals surface area contributed by atoms with Gasteiger partial charge in [0.05, 0.1) is 6.54 Å². The molecule has 6 nitrogen and oxygen atoms in total. The summed E-state index contributed by atoms with van der Waals surface area (Å²) in [6.45, 7) is 5.09.